The number of guanidine groups is 1. The minimum Gasteiger partial charge on any atom is -0.356 e. The number of nitrogens with one attached hydrogen (secondary N) is 2. The van der Waals surface area contributed by atoms with Crippen LogP contribution in [0.15, 0.2) is 23.2 Å². The van der Waals surface area contributed by atoms with Crippen LogP contribution in [0.25, 0.3) is 0 Å². The van der Waals surface area contributed by atoms with E-state index in [0.29, 0.717) is 30.0 Å². The first kappa shape index (κ1) is 19.6. The highest BCUT2D eigenvalue weighted by Gasteiger charge is 2.24. The fourth-order valence-corrected chi connectivity index (χ4v) is 4.01. The Morgan fingerprint density at radius 1 is 1.48 bits per heavy atom. The number of aromatic nitrogens is 1. The summed E-state index contributed by atoms with van der Waals surface area (Å²) in [5.74, 6) is 3.20. The van der Waals surface area contributed by atoms with Crippen molar-refractivity contribution >= 4 is 29.4 Å². The van der Waals surface area contributed by atoms with E-state index in [0.717, 1.165) is 30.5 Å². The number of aliphatic imine (C=N–C) groups is 1. The van der Waals surface area contributed by atoms with Gasteiger partial charge in [0, 0.05) is 49.8 Å². The van der Waals surface area contributed by atoms with Gasteiger partial charge in [-0.25, -0.2) is 4.98 Å². The lowest BCUT2D eigenvalue weighted by atomic mass is 10.1. The van der Waals surface area contributed by atoms with Crippen molar-refractivity contribution in [2.24, 2.45) is 10.9 Å². The average molecular weight is 364 g/mol. The molecule has 1 atom stereocenters. The Balaban J connectivity index is 1.78. The van der Waals surface area contributed by atoms with Crippen molar-refractivity contribution in [1.29, 1.82) is 0 Å². The van der Waals surface area contributed by atoms with E-state index in [2.05, 4.69) is 39.4 Å². The molecule has 1 aromatic rings. The zero-order valence-electron chi connectivity index (χ0n) is 15.6. The van der Waals surface area contributed by atoms with Crippen molar-refractivity contribution in [1.82, 2.24) is 15.2 Å². The Labute approximate surface area is 154 Å². The molecule has 1 saturated heterocycles. The highest BCUT2D eigenvalue weighted by molar-refractivity contribution is 8.00. The molecule has 138 valence electrons. The summed E-state index contributed by atoms with van der Waals surface area (Å²) in [5.41, 5.74) is 0.888. The van der Waals surface area contributed by atoms with Crippen molar-refractivity contribution in [2.75, 3.05) is 37.8 Å². The second kappa shape index (κ2) is 9.65. The van der Waals surface area contributed by atoms with E-state index in [9.17, 15) is 4.79 Å². The maximum absolute atomic E-state index is 12.1. The van der Waals surface area contributed by atoms with E-state index in [1.807, 2.05) is 30.8 Å². The number of carbonyl (C=O) groups is 1. The summed E-state index contributed by atoms with van der Waals surface area (Å²) in [6.07, 6.45) is 0.380. The number of carbonyl (C=O) groups excluding carboxylic acids is 1. The van der Waals surface area contributed by atoms with E-state index in [4.69, 9.17) is 0 Å². The molecule has 1 aromatic heterocycles. The summed E-state index contributed by atoms with van der Waals surface area (Å²) in [6.45, 7) is 8.99. The fourth-order valence-electron chi connectivity index (χ4n) is 2.71. The molecule has 2 rings (SSSR count). The molecule has 0 radical (unpaired) electrons. The molecule has 0 aliphatic carbocycles. The smallest absolute Gasteiger partial charge is 0.227 e. The number of hydrogen-bond donors (Lipinski definition) is 2. The van der Waals surface area contributed by atoms with Gasteiger partial charge in [0.15, 0.2) is 5.96 Å². The standard InChI is InChI=1S/C18H29N5OS/c1-13(2)15-12-23(10-11-25-15)18(19-4)20-9-8-17(24)22-16-7-5-6-14(3)21-16/h5-7,13,15H,8-12H2,1-4H3,(H,19,20)(H,21,22,24). The fraction of sp³-hybridized carbons (Fsp3) is 0.611. The highest BCUT2D eigenvalue weighted by atomic mass is 32.2. The van der Waals surface area contributed by atoms with E-state index in [1.165, 1.54) is 0 Å². The molecule has 0 bridgehead atoms. The zero-order chi connectivity index (χ0) is 18.2. The maximum Gasteiger partial charge on any atom is 0.227 e. The zero-order valence-corrected chi connectivity index (χ0v) is 16.4. The summed E-state index contributed by atoms with van der Waals surface area (Å²) < 4.78 is 0. The maximum atomic E-state index is 12.1. The Bertz CT molecular complexity index is 605. The first-order valence-corrected chi connectivity index (χ1v) is 9.85. The number of pyridine rings is 1. The van der Waals surface area contributed by atoms with Crippen molar-refractivity contribution in [3.63, 3.8) is 0 Å². The monoisotopic (exact) mass is 363 g/mol. The molecular formula is C18H29N5OS. The van der Waals surface area contributed by atoms with Gasteiger partial charge in [-0.15, -0.1) is 0 Å². The number of anilines is 1. The molecule has 1 fully saturated rings. The quantitative estimate of drug-likeness (QED) is 0.621. The summed E-state index contributed by atoms with van der Waals surface area (Å²) in [6, 6.07) is 5.59. The van der Waals surface area contributed by atoms with Crippen LogP contribution in [0.4, 0.5) is 5.82 Å². The van der Waals surface area contributed by atoms with Crippen molar-refractivity contribution in [3.8, 4) is 0 Å². The lowest BCUT2D eigenvalue weighted by molar-refractivity contribution is -0.116. The van der Waals surface area contributed by atoms with Crippen LogP contribution < -0.4 is 10.6 Å². The highest BCUT2D eigenvalue weighted by Crippen LogP contribution is 2.24. The molecule has 2 N–H and O–H groups in total. The van der Waals surface area contributed by atoms with Crippen LogP contribution in [0.3, 0.4) is 0 Å². The molecule has 2 heterocycles. The molecule has 0 saturated carbocycles. The molecule has 1 amide bonds. The van der Waals surface area contributed by atoms with Gasteiger partial charge in [-0.1, -0.05) is 19.9 Å². The van der Waals surface area contributed by atoms with Crippen LogP contribution in [0.5, 0.6) is 0 Å². The largest absolute Gasteiger partial charge is 0.356 e. The second-order valence-electron chi connectivity index (χ2n) is 6.54. The van der Waals surface area contributed by atoms with E-state index >= 15 is 0 Å². The van der Waals surface area contributed by atoms with Gasteiger partial charge in [-0.3, -0.25) is 9.79 Å². The van der Waals surface area contributed by atoms with Crippen molar-refractivity contribution in [3.05, 3.63) is 23.9 Å². The summed E-state index contributed by atoms with van der Waals surface area (Å²) in [7, 11) is 1.80. The van der Waals surface area contributed by atoms with Gasteiger partial charge in [-0.2, -0.15) is 11.8 Å². The average Bonchev–Trinajstić information content (AvgIpc) is 2.59. The lowest BCUT2D eigenvalue weighted by Crippen LogP contribution is -2.49. The normalized spacial score (nSPS) is 18.4. The molecular weight excluding hydrogens is 334 g/mol. The predicted molar refractivity (Wildman–Crippen MR) is 106 cm³/mol. The Kier molecular flexibility index (Phi) is 7.55. The molecule has 1 aliphatic heterocycles. The van der Waals surface area contributed by atoms with Gasteiger partial charge >= 0.3 is 0 Å². The Morgan fingerprint density at radius 3 is 2.96 bits per heavy atom. The third kappa shape index (κ3) is 6.23. The number of nitrogens with zero attached hydrogens (tertiary/aromatic N) is 3. The molecule has 0 aromatic carbocycles. The van der Waals surface area contributed by atoms with Crippen LogP contribution in [-0.2, 0) is 4.79 Å². The van der Waals surface area contributed by atoms with Crippen LogP contribution in [-0.4, -0.2) is 59.4 Å². The first-order valence-electron chi connectivity index (χ1n) is 8.80. The second-order valence-corrected chi connectivity index (χ2v) is 7.88. The molecule has 7 heteroatoms. The number of thioether (sulfide) groups is 1. The van der Waals surface area contributed by atoms with Crippen LogP contribution in [0.2, 0.25) is 0 Å². The van der Waals surface area contributed by atoms with E-state index in [1.54, 1.807) is 13.1 Å². The third-order valence-electron chi connectivity index (χ3n) is 4.14. The van der Waals surface area contributed by atoms with Gasteiger partial charge < -0.3 is 15.5 Å². The van der Waals surface area contributed by atoms with Crippen LogP contribution in [0, 0.1) is 12.8 Å². The van der Waals surface area contributed by atoms with Crippen molar-refractivity contribution < 1.29 is 4.79 Å². The Hall–Kier alpha value is -1.76. The van der Waals surface area contributed by atoms with Crippen LogP contribution in [0.1, 0.15) is 26.0 Å². The summed E-state index contributed by atoms with van der Waals surface area (Å²) >= 11 is 2.04. The third-order valence-corrected chi connectivity index (χ3v) is 5.68. The van der Waals surface area contributed by atoms with Gasteiger partial charge in [-0.05, 0) is 25.0 Å². The van der Waals surface area contributed by atoms with Gasteiger partial charge in [0.2, 0.25) is 5.91 Å². The lowest BCUT2D eigenvalue weighted by Gasteiger charge is -2.36. The number of rotatable bonds is 5. The molecule has 1 unspecified atom stereocenters. The van der Waals surface area contributed by atoms with Crippen molar-refractivity contribution in [2.45, 2.75) is 32.4 Å². The SMILES string of the molecule is CN=C(NCCC(=O)Nc1cccc(C)n1)N1CCSC(C(C)C)C1. The van der Waals surface area contributed by atoms with Gasteiger partial charge in [0.05, 0.1) is 0 Å². The minimum absolute atomic E-state index is 0.0460. The van der Waals surface area contributed by atoms with Gasteiger partial charge in [0.1, 0.15) is 5.82 Å². The van der Waals surface area contributed by atoms with Gasteiger partial charge in [0.25, 0.3) is 0 Å². The summed E-state index contributed by atoms with van der Waals surface area (Å²) in [5, 5.41) is 6.77. The van der Waals surface area contributed by atoms with E-state index < -0.39 is 0 Å². The molecule has 1 aliphatic rings. The molecule has 0 spiro atoms. The van der Waals surface area contributed by atoms with Crippen LogP contribution >= 0.6 is 11.8 Å². The minimum atomic E-state index is -0.0460. The summed E-state index contributed by atoms with van der Waals surface area (Å²) in [4.78, 5) is 23.0. The molecule has 6 nitrogen and oxygen atoms in total. The van der Waals surface area contributed by atoms with E-state index in [-0.39, 0.29) is 5.91 Å². The number of amides is 1. The number of hydrogen-bond acceptors (Lipinski definition) is 4. The Morgan fingerprint density at radius 2 is 2.28 bits per heavy atom. The predicted octanol–water partition coefficient (Wildman–Crippen LogP) is 2.37. The first-order chi connectivity index (χ1) is 12.0. The topological polar surface area (TPSA) is 69.6 Å². The number of aryl methyl sites for hydroxylation is 1. The molecule has 25 heavy (non-hydrogen) atoms.